The normalized spacial score (nSPS) is 10.4. The molecule has 0 bridgehead atoms. The molecular weight excluding hydrogens is 292 g/mol. The number of hydrogen-bond donors (Lipinski definition) is 2. The van der Waals surface area contributed by atoms with E-state index in [-0.39, 0.29) is 6.03 Å². The molecule has 5 heteroatoms. The van der Waals surface area contributed by atoms with Crippen molar-refractivity contribution >= 4 is 6.03 Å². The highest BCUT2D eigenvalue weighted by molar-refractivity contribution is 5.73. The van der Waals surface area contributed by atoms with Crippen LogP contribution in [0.4, 0.5) is 4.79 Å². The highest BCUT2D eigenvalue weighted by atomic mass is 16.4. The first kappa shape index (κ1) is 15.0. The number of amides is 2. The maximum atomic E-state index is 11.8. The Balaban J connectivity index is 1.41. The molecule has 2 heterocycles. The van der Waals surface area contributed by atoms with Crippen LogP contribution in [0.1, 0.15) is 11.3 Å². The van der Waals surface area contributed by atoms with E-state index in [0.717, 1.165) is 6.42 Å². The summed E-state index contributed by atoms with van der Waals surface area (Å²) in [7, 11) is 0. The molecular formula is C18H18N2O3. The molecule has 0 atom stereocenters. The van der Waals surface area contributed by atoms with Crippen LogP contribution in [0.25, 0.3) is 11.5 Å². The Kier molecular flexibility index (Phi) is 4.79. The van der Waals surface area contributed by atoms with Gasteiger partial charge in [-0.05, 0) is 36.2 Å². The molecule has 1 aromatic carbocycles. The average Bonchev–Trinajstić information content (AvgIpc) is 3.25. The van der Waals surface area contributed by atoms with Crippen molar-refractivity contribution in [1.82, 2.24) is 10.6 Å². The first-order chi connectivity index (χ1) is 11.3. The van der Waals surface area contributed by atoms with Crippen molar-refractivity contribution in [2.75, 3.05) is 6.54 Å². The van der Waals surface area contributed by atoms with E-state index in [1.54, 1.807) is 12.3 Å². The van der Waals surface area contributed by atoms with Gasteiger partial charge in [-0.15, -0.1) is 0 Å². The minimum atomic E-state index is -0.211. The Bertz CT molecular complexity index is 733. The van der Waals surface area contributed by atoms with Crippen LogP contribution in [0.2, 0.25) is 0 Å². The van der Waals surface area contributed by atoms with E-state index in [9.17, 15) is 4.79 Å². The summed E-state index contributed by atoms with van der Waals surface area (Å²) >= 11 is 0. The predicted molar refractivity (Wildman–Crippen MR) is 86.8 cm³/mol. The van der Waals surface area contributed by atoms with Gasteiger partial charge in [0.1, 0.15) is 5.76 Å². The molecule has 2 amide bonds. The second-order valence-corrected chi connectivity index (χ2v) is 5.09. The molecule has 0 aliphatic heterocycles. The van der Waals surface area contributed by atoms with Crippen LogP contribution in [0.3, 0.4) is 0 Å². The van der Waals surface area contributed by atoms with Gasteiger partial charge in [0.15, 0.2) is 11.5 Å². The number of rotatable bonds is 6. The molecule has 0 fully saturated rings. The first-order valence-electron chi connectivity index (χ1n) is 7.49. The smallest absolute Gasteiger partial charge is 0.315 e. The van der Waals surface area contributed by atoms with Crippen molar-refractivity contribution < 1.29 is 13.6 Å². The van der Waals surface area contributed by atoms with E-state index in [4.69, 9.17) is 8.83 Å². The summed E-state index contributed by atoms with van der Waals surface area (Å²) in [6.45, 7) is 0.920. The molecule has 0 saturated heterocycles. The van der Waals surface area contributed by atoms with Crippen LogP contribution in [-0.2, 0) is 13.0 Å². The molecule has 0 spiro atoms. The summed E-state index contributed by atoms with van der Waals surface area (Å²) in [5, 5.41) is 5.59. The molecule has 0 aliphatic carbocycles. The fourth-order valence-corrected chi connectivity index (χ4v) is 2.22. The molecule has 5 nitrogen and oxygen atoms in total. The lowest BCUT2D eigenvalue weighted by Gasteiger charge is -2.06. The molecule has 3 aromatic rings. The molecule has 118 valence electrons. The number of hydrogen-bond acceptors (Lipinski definition) is 3. The van der Waals surface area contributed by atoms with Crippen molar-refractivity contribution in [2.45, 2.75) is 13.0 Å². The van der Waals surface area contributed by atoms with Gasteiger partial charge in [-0.3, -0.25) is 0 Å². The number of carbonyl (C=O) groups is 1. The standard InChI is InChI=1S/C18H18N2O3/c21-18(19-11-10-14-5-2-1-3-6-14)20-13-15-8-9-17(23-15)16-7-4-12-22-16/h1-9,12H,10-11,13H2,(H2,19,20,21). The Morgan fingerprint density at radius 3 is 2.57 bits per heavy atom. The fraction of sp³-hybridized carbons (Fsp3) is 0.167. The fourth-order valence-electron chi connectivity index (χ4n) is 2.22. The van der Waals surface area contributed by atoms with Crippen LogP contribution in [0, 0.1) is 0 Å². The highest BCUT2D eigenvalue weighted by Gasteiger charge is 2.08. The summed E-state index contributed by atoms with van der Waals surface area (Å²) in [5.41, 5.74) is 1.20. The Morgan fingerprint density at radius 1 is 0.913 bits per heavy atom. The van der Waals surface area contributed by atoms with E-state index in [2.05, 4.69) is 10.6 Å². The summed E-state index contributed by atoms with van der Waals surface area (Å²) in [6, 6.07) is 17.1. The summed E-state index contributed by atoms with van der Waals surface area (Å²) in [6.07, 6.45) is 2.40. The molecule has 0 radical (unpaired) electrons. The number of nitrogens with one attached hydrogen (secondary N) is 2. The van der Waals surface area contributed by atoms with E-state index in [0.29, 0.717) is 30.4 Å². The van der Waals surface area contributed by atoms with Crippen LogP contribution in [0.5, 0.6) is 0 Å². The third-order valence-corrected chi connectivity index (χ3v) is 3.39. The monoisotopic (exact) mass is 310 g/mol. The molecule has 0 aliphatic rings. The van der Waals surface area contributed by atoms with Gasteiger partial charge in [0.05, 0.1) is 12.8 Å². The number of benzene rings is 1. The van der Waals surface area contributed by atoms with Crippen molar-refractivity contribution in [1.29, 1.82) is 0 Å². The van der Waals surface area contributed by atoms with Gasteiger partial charge < -0.3 is 19.5 Å². The van der Waals surface area contributed by atoms with E-state index in [1.165, 1.54) is 5.56 Å². The van der Waals surface area contributed by atoms with Gasteiger partial charge in [0.2, 0.25) is 0 Å². The van der Waals surface area contributed by atoms with Crippen LogP contribution in [-0.4, -0.2) is 12.6 Å². The van der Waals surface area contributed by atoms with E-state index >= 15 is 0 Å². The lowest BCUT2D eigenvalue weighted by Crippen LogP contribution is -2.36. The summed E-state index contributed by atoms with van der Waals surface area (Å²) < 4.78 is 10.9. The van der Waals surface area contributed by atoms with Gasteiger partial charge in [-0.25, -0.2) is 4.79 Å². The third kappa shape index (κ3) is 4.26. The van der Waals surface area contributed by atoms with Crippen molar-refractivity contribution in [3.8, 4) is 11.5 Å². The maximum Gasteiger partial charge on any atom is 0.315 e. The van der Waals surface area contributed by atoms with Gasteiger partial charge in [-0.2, -0.15) is 0 Å². The van der Waals surface area contributed by atoms with Crippen LogP contribution >= 0.6 is 0 Å². The van der Waals surface area contributed by atoms with Crippen molar-refractivity contribution in [3.05, 3.63) is 72.2 Å². The lowest BCUT2D eigenvalue weighted by atomic mass is 10.1. The minimum absolute atomic E-state index is 0.211. The Hall–Kier alpha value is -2.95. The molecule has 2 N–H and O–H groups in total. The second kappa shape index (κ2) is 7.35. The van der Waals surface area contributed by atoms with Gasteiger partial charge in [0.25, 0.3) is 0 Å². The predicted octanol–water partition coefficient (Wildman–Crippen LogP) is 3.58. The maximum absolute atomic E-state index is 11.8. The SMILES string of the molecule is O=C(NCCc1ccccc1)NCc1ccc(-c2ccco2)o1. The molecule has 2 aromatic heterocycles. The Morgan fingerprint density at radius 2 is 1.78 bits per heavy atom. The van der Waals surface area contributed by atoms with E-state index in [1.807, 2.05) is 48.5 Å². The molecule has 0 saturated carbocycles. The van der Waals surface area contributed by atoms with Gasteiger partial charge in [-0.1, -0.05) is 30.3 Å². The summed E-state index contributed by atoms with van der Waals surface area (Å²) in [4.78, 5) is 11.8. The number of urea groups is 1. The van der Waals surface area contributed by atoms with Crippen molar-refractivity contribution in [2.24, 2.45) is 0 Å². The zero-order valence-electron chi connectivity index (χ0n) is 12.6. The molecule has 0 unspecified atom stereocenters. The highest BCUT2D eigenvalue weighted by Crippen LogP contribution is 2.22. The topological polar surface area (TPSA) is 67.4 Å². The molecule has 3 rings (SSSR count). The largest absolute Gasteiger partial charge is 0.461 e. The van der Waals surface area contributed by atoms with Crippen LogP contribution < -0.4 is 10.6 Å². The zero-order valence-corrected chi connectivity index (χ0v) is 12.6. The first-order valence-corrected chi connectivity index (χ1v) is 7.49. The quantitative estimate of drug-likeness (QED) is 0.731. The average molecular weight is 310 g/mol. The molecule has 23 heavy (non-hydrogen) atoms. The number of carbonyl (C=O) groups excluding carboxylic acids is 1. The van der Waals surface area contributed by atoms with Crippen molar-refractivity contribution in [3.63, 3.8) is 0 Å². The number of furan rings is 2. The summed E-state index contributed by atoms with van der Waals surface area (Å²) in [5.74, 6) is 1.99. The van der Waals surface area contributed by atoms with Crippen LogP contribution in [0.15, 0.2) is 69.7 Å². The Labute approximate surface area is 134 Å². The third-order valence-electron chi connectivity index (χ3n) is 3.39. The van der Waals surface area contributed by atoms with Gasteiger partial charge >= 0.3 is 6.03 Å². The minimum Gasteiger partial charge on any atom is -0.461 e. The van der Waals surface area contributed by atoms with Gasteiger partial charge in [0, 0.05) is 6.54 Å². The lowest BCUT2D eigenvalue weighted by molar-refractivity contribution is 0.239. The second-order valence-electron chi connectivity index (χ2n) is 5.09. The van der Waals surface area contributed by atoms with E-state index < -0.39 is 0 Å². The zero-order chi connectivity index (χ0) is 15.9.